The van der Waals surface area contributed by atoms with Crippen LogP contribution in [-0.4, -0.2) is 15.9 Å². The molecule has 3 aromatic carbocycles. The van der Waals surface area contributed by atoms with Crippen LogP contribution < -0.4 is 21.5 Å². The fraction of sp³-hybridized carbons (Fsp3) is 0.103. The molecule has 0 unspecified atom stereocenters. The van der Waals surface area contributed by atoms with Crippen LogP contribution in [0.4, 0.5) is 20.3 Å². The predicted molar refractivity (Wildman–Crippen MR) is 146 cm³/mol. The number of halogens is 2. The maximum absolute atomic E-state index is 14.6. The number of H-pyrrole nitrogens is 1. The molecule has 8 nitrogen and oxygen atoms in total. The molecule has 198 valence electrons. The zero-order valence-electron chi connectivity index (χ0n) is 20.7. The Hall–Kier alpha value is -4.95. The van der Waals surface area contributed by atoms with Gasteiger partial charge < -0.3 is 20.9 Å². The number of carbonyl (C=O) groups is 1. The van der Waals surface area contributed by atoms with Crippen molar-refractivity contribution in [2.45, 2.75) is 22.9 Å². The highest BCUT2D eigenvalue weighted by Crippen LogP contribution is 2.53. The third kappa shape index (κ3) is 3.84. The number of fused-ring (bicyclic) bond motifs is 4. The lowest BCUT2D eigenvalue weighted by Crippen LogP contribution is -2.49. The Bertz CT molecular complexity index is 1830. The van der Waals surface area contributed by atoms with E-state index in [1.54, 1.807) is 54.6 Å². The number of aromatic nitrogens is 2. The van der Waals surface area contributed by atoms with Gasteiger partial charge in [-0.05, 0) is 29.8 Å². The maximum atomic E-state index is 14.6. The van der Waals surface area contributed by atoms with E-state index in [2.05, 4.69) is 15.3 Å². The molecule has 4 N–H and O–H groups in total. The van der Waals surface area contributed by atoms with E-state index in [-0.39, 0.29) is 45.9 Å². The second kappa shape index (κ2) is 9.66. The molecule has 0 saturated heterocycles. The average Bonchev–Trinajstić information content (AvgIpc) is 3.16. The number of hydrogen-bond acceptors (Lipinski definition) is 7. The maximum Gasteiger partial charge on any atom is 0.258 e. The Morgan fingerprint density at radius 2 is 1.82 bits per heavy atom. The molecule has 0 saturated carbocycles. The number of rotatable bonds is 5. The van der Waals surface area contributed by atoms with Gasteiger partial charge in [0.05, 0.1) is 17.7 Å². The summed E-state index contributed by atoms with van der Waals surface area (Å²) in [5.41, 5.74) is 5.27. The van der Waals surface area contributed by atoms with Crippen LogP contribution >= 0.6 is 11.8 Å². The lowest BCUT2D eigenvalue weighted by Gasteiger charge is -2.34. The van der Waals surface area contributed by atoms with Crippen molar-refractivity contribution < 1.29 is 13.6 Å². The highest BCUT2D eigenvalue weighted by atomic mass is 32.2. The Morgan fingerprint density at radius 1 is 1.05 bits per heavy atom. The summed E-state index contributed by atoms with van der Waals surface area (Å²) in [5.74, 6) is -1.27. The highest BCUT2D eigenvalue weighted by Gasteiger charge is 2.60. The predicted octanol–water partition coefficient (Wildman–Crippen LogP) is 4.29. The first-order valence-corrected chi connectivity index (χ1v) is 13.2. The Morgan fingerprint density at radius 3 is 2.60 bits per heavy atom. The first-order chi connectivity index (χ1) is 19.3. The third-order valence-electron chi connectivity index (χ3n) is 7.00. The molecule has 40 heavy (non-hydrogen) atoms. The van der Waals surface area contributed by atoms with Crippen molar-refractivity contribution in [2.75, 3.05) is 10.2 Å². The van der Waals surface area contributed by atoms with Gasteiger partial charge in [0.2, 0.25) is 5.91 Å². The van der Waals surface area contributed by atoms with Gasteiger partial charge in [0.1, 0.15) is 34.8 Å². The molecule has 2 aliphatic rings. The lowest BCUT2D eigenvalue weighted by molar-refractivity contribution is -0.120. The molecule has 4 aromatic rings. The van der Waals surface area contributed by atoms with E-state index in [0.29, 0.717) is 22.6 Å². The number of nitrogens with one attached hydrogen (secondary N) is 2. The van der Waals surface area contributed by atoms with Crippen LogP contribution in [0.15, 0.2) is 94.1 Å². The molecule has 3 heterocycles. The van der Waals surface area contributed by atoms with E-state index in [0.717, 1.165) is 0 Å². The van der Waals surface area contributed by atoms with Crippen molar-refractivity contribution in [3.63, 3.8) is 0 Å². The lowest BCUT2D eigenvalue weighted by atomic mass is 9.69. The fourth-order valence-electron chi connectivity index (χ4n) is 5.29. The summed E-state index contributed by atoms with van der Waals surface area (Å²) in [5, 5.41) is 13.3. The molecule has 0 fully saturated rings. The van der Waals surface area contributed by atoms with Gasteiger partial charge in [0.15, 0.2) is 5.16 Å². The number of thioether (sulfide) groups is 1. The van der Waals surface area contributed by atoms with E-state index in [1.807, 2.05) is 6.07 Å². The summed E-state index contributed by atoms with van der Waals surface area (Å²) in [6, 6.07) is 20.9. The molecule has 0 radical (unpaired) electrons. The summed E-state index contributed by atoms with van der Waals surface area (Å²) in [6.07, 6.45) is 0. The number of aromatic amines is 1. The molecule has 2 aliphatic heterocycles. The molecule has 0 bridgehead atoms. The SMILES string of the molecule is N#CC1=C(N)Nc2nc(SCc3cccc(F)c3)[nH]c(=O)c2[C@@]12C(=O)N(Cc1ccccc1F)c1ccccc12. The largest absolute Gasteiger partial charge is 0.384 e. The second-order valence-corrected chi connectivity index (χ2v) is 10.3. The molecule has 1 spiro atoms. The Labute approximate surface area is 231 Å². The third-order valence-corrected chi connectivity index (χ3v) is 7.94. The summed E-state index contributed by atoms with van der Waals surface area (Å²) in [6.45, 7) is -0.126. The Balaban J connectivity index is 1.50. The van der Waals surface area contributed by atoms with Crippen LogP contribution in [0.2, 0.25) is 0 Å². The van der Waals surface area contributed by atoms with Crippen LogP contribution in [0.25, 0.3) is 0 Å². The fourth-order valence-corrected chi connectivity index (χ4v) is 6.09. The van der Waals surface area contributed by atoms with Gasteiger partial charge >= 0.3 is 0 Å². The molecule has 1 amide bonds. The van der Waals surface area contributed by atoms with Crippen LogP contribution in [0, 0.1) is 23.0 Å². The number of nitrogens with two attached hydrogens (primary N) is 1. The van der Waals surface area contributed by atoms with Gasteiger partial charge in [-0.2, -0.15) is 5.26 Å². The number of hydrogen-bond donors (Lipinski definition) is 3. The smallest absolute Gasteiger partial charge is 0.258 e. The normalized spacial score (nSPS) is 17.4. The first kappa shape index (κ1) is 25.3. The number of anilines is 2. The van der Waals surface area contributed by atoms with Crippen molar-refractivity contribution in [1.29, 1.82) is 5.26 Å². The van der Waals surface area contributed by atoms with Gasteiger partial charge in [-0.3, -0.25) is 9.59 Å². The van der Waals surface area contributed by atoms with E-state index < -0.39 is 22.7 Å². The zero-order valence-corrected chi connectivity index (χ0v) is 21.6. The minimum atomic E-state index is -1.90. The van der Waals surface area contributed by atoms with E-state index in [4.69, 9.17) is 5.73 Å². The quantitative estimate of drug-likeness (QED) is 0.248. The second-order valence-electron chi connectivity index (χ2n) is 9.29. The topological polar surface area (TPSA) is 128 Å². The molecule has 6 rings (SSSR count). The summed E-state index contributed by atoms with van der Waals surface area (Å²) in [4.78, 5) is 36.8. The van der Waals surface area contributed by atoms with Crippen LogP contribution in [0.3, 0.4) is 0 Å². The van der Waals surface area contributed by atoms with Crippen molar-refractivity contribution in [2.24, 2.45) is 5.73 Å². The number of nitriles is 1. The van der Waals surface area contributed by atoms with Crippen molar-refractivity contribution in [3.05, 3.63) is 128 Å². The number of carbonyl (C=O) groups excluding carboxylic acids is 1. The number of nitrogens with zero attached hydrogens (tertiary/aromatic N) is 3. The zero-order chi connectivity index (χ0) is 28.0. The molecule has 1 aromatic heterocycles. The van der Waals surface area contributed by atoms with Crippen molar-refractivity contribution >= 4 is 29.2 Å². The van der Waals surface area contributed by atoms with Crippen LogP contribution in [-0.2, 0) is 22.5 Å². The highest BCUT2D eigenvalue weighted by molar-refractivity contribution is 7.98. The van der Waals surface area contributed by atoms with Gasteiger partial charge in [-0.15, -0.1) is 0 Å². The van der Waals surface area contributed by atoms with Gasteiger partial charge in [-0.1, -0.05) is 60.3 Å². The van der Waals surface area contributed by atoms with Crippen LogP contribution in [0.1, 0.15) is 22.3 Å². The van der Waals surface area contributed by atoms with Gasteiger partial charge in [-0.25, -0.2) is 13.8 Å². The van der Waals surface area contributed by atoms with Crippen molar-refractivity contribution in [1.82, 2.24) is 9.97 Å². The number of para-hydroxylation sites is 1. The summed E-state index contributed by atoms with van der Waals surface area (Å²) in [7, 11) is 0. The molecule has 11 heteroatoms. The van der Waals surface area contributed by atoms with Crippen LogP contribution in [0.5, 0.6) is 0 Å². The average molecular weight is 555 g/mol. The standard InChI is InChI=1S/C29H20F2N6O2S/c30-18-8-5-6-16(12-18)15-40-28-35-25-23(26(38)36-28)29(20(13-32)24(33)34-25)19-9-2-4-11-22(19)37(27(29)39)14-17-7-1-3-10-21(17)31/h1-12H,14-15,33H2,(H2,34,35,36,38)/t29-/m0/s1. The number of amides is 1. The van der Waals surface area contributed by atoms with E-state index in [1.165, 1.54) is 34.9 Å². The molecular weight excluding hydrogens is 534 g/mol. The van der Waals surface area contributed by atoms with E-state index in [9.17, 15) is 23.6 Å². The number of benzene rings is 3. The molecule has 0 aliphatic carbocycles. The monoisotopic (exact) mass is 554 g/mol. The molecule has 1 atom stereocenters. The summed E-state index contributed by atoms with van der Waals surface area (Å²) < 4.78 is 28.3. The molecular formula is C29H20F2N6O2S. The van der Waals surface area contributed by atoms with E-state index >= 15 is 0 Å². The minimum Gasteiger partial charge on any atom is -0.384 e. The van der Waals surface area contributed by atoms with Gasteiger partial charge in [0.25, 0.3) is 5.56 Å². The minimum absolute atomic E-state index is 0.0258. The first-order valence-electron chi connectivity index (χ1n) is 12.2. The van der Waals surface area contributed by atoms with Crippen molar-refractivity contribution in [3.8, 4) is 6.07 Å². The summed E-state index contributed by atoms with van der Waals surface area (Å²) >= 11 is 1.17. The van der Waals surface area contributed by atoms with Gasteiger partial charge in [0, 0.05) is 22.6 Å². The Kier molecular flexibility index (Phi) is 6.12.